The summed E-state index contributed by atoms with van der Waals surface area (Å²) < 4.78 is 6.12. The van der Waals surface area contributed by atoms with Crippen molar-refractivity contribution in [2.45, 2.75) is 31.3 Å². The number of amides is 2. The number of hydrogen-bond acceptors (Lipinski definition) is 4. The maximum absolute atomic E-state index is 13.2. The number of benzene rings is 1. The lowest BCUT2D eigenvalue weighted by atomic mass is 9.83. The molecule has 0 radical (unpaired) electrons. The molecule has 29 heavy (non-hydrogen) atoms. The van der Waals surface area contributed by atoms with E-state index in [2.05, 4.69) is 35.7 Å². The molecule has 154 valence electrons. The van der Waals surface area contributed by atoms with Gasteiger partial charge in [0.15, 0.2) is 5.60 Å². The van der Waals surface area contributed by atoms with Gasteiger partial charge in [0.1, 0.15) is 0 Å². The van der Waals surface area contributed by atoms with Crippen LogP contribution in [-0.4, -0.2) is 61.0 Å². The third-order valence-electron chi connectivity index (χ3n) is 6.00. The average Bonchev–Trinajstić information content (AvgIpc) is 3.21. The monoisotopic (exact) mass is 412 g/mol. The summed E-state index contributed by atoms with van der Waals surface area (Å²) in [5.41, 5.74) is 1.19. The number of rotatable bonds is 5. The minimum Gasteiger partial charge on any atom is -0.361 e. The zero-order valence-electron chi connectivity index (χ0n) is 17.1. The third kappa shape index (κ3) is 4.09. The zero-order chi connectivity index (χ0) is 20.4. The van der Waals surface area contributed by atoms with Crippen molar-refractivity contribution < 1.29 is 14.3 Å². The quantitative estimate of drug-likeness (QED) is 0.756. The average molecular weight is 413 g/mol. The molecular weight excluding hydrogens is 384 g/mol. The van der Waals surface area contributed by atoms with E-state index >= 15 is 0 Å². The number of likely N-dealkylation sites (N-methyl/N-ethyl adjacent to an activating group) is 1. The van der Waals surface area contributed by atoms with Crippen LogP contribution in [0.3, 0.4) is 0 Å². The Kier molecular flexibility index (Phi) is 5.74. The Morgan fingerprint density at radius 1 is 1.21 bits per heavy atom. The van der Waals surface area contributed by atoms with Crippen molar-refractivity contribution in [2.75, 3.05) is 33.8 Å². The molecule has 0 unspecified atom stereocenters. The van der Waals surface area contributed by atoms with Crippen molar-refractivity contribution >= 4 is 23.2 Å². The van der Waals surface area contributed by atoms with Gasteiger partial charge in [-0.25, -0.2) is 0 Å². The predicted molar refractivity (Wildman–Crippen MR) is 115 cm³/mol. The van der Waals surface area contributed by atoms with Crippen LogP contribution in [0.5, 0.6) is 0 Å². The van der Waals surface area contributed by atoms with E-state index in [4.69, 9.17) is 4.74 Å². The molecule has 2 amide bonds. The van der Waals surface area contributed by atoms with Gasteiger partial charge in [-0.05, 0) is 35.4 Å². The number of ether oxygens (including phenoxy) is 1. The first-order valence-electron chi connectivity index (χ1n) is 10.3. The number of morpholine rings is 1. The Morgan fingerprint density at radius 3 is 2.55 bits per heavy atom. The molecule has 4 rings (SSSR count). The van der Waals surface area contributed by atoms with Gasteiger partial charge in [-0.15, -0.1) is 11.3 Å². The summed E-state index contributed by atoms with van der Waals surface area (Å²) in [6.07, 6.45) is 3.52. The highest BCUT2D eigenvalue weighted by atomic mass is 32.1. The minimum absolute atomic E-state index is 0.0778. The molecule has 2 heterocycles. The standard InChI is InChI=1S/C23H28N2O3S/c1-24(2)22(27)23(16-25(12-13-28-23)21(26)19-5-3-6-19)15-17-8-10-18(11-9-17)20-7-4-14-29-20/h4,7-11,14,19H,3,5-6,12-13,15-16H2,1-2H3/t23-/m0/s1. The first-order chi connectivity index (χ1) is 14.0. The van der Waals surface area contributed by atoms with Crippen molar-refractivity contribution in [3.63, 3.8) is 0 Å². The fourth-order valence-electron chi connectivity index (χ4n) is 4.16. The molecule has 0 spiro atoms. The van der Waals surface area contributed by atoms with E-state index in [9.17, 15) is 9.59 Å². The van der Waals surface area contributed by atoms with Gasteiger partial charge in [0.2, 0.25) is 5.91 Å². The first kappa shape index (κ1) is 20.1. The molecule has 2 fully saturated rings. The maximum atomic E-state index is 13.2. The summed E-state index contributed by atoms with van der Waals surface area (Å²) in [7, 11) is 3.50. The number of carbonyl (C=O) groups excluding carboxylic acids is 2. The fraction of sp³-hybridized carbons (Fsp3) is 0.478. The second-order valence-corrected chi connectivity index (χ2v) is 9.23. The van der Waals surface area contributed by atoms with Gasteiger partial charge >= 0.3 is 0 Å². The van der Waals surface area contributed by atoms with Gasteiger partial charge in [-0.3, -0.25) is 9.59 Å². The van der Waals surface area contributed by atoms with Crippen LogP contribution in [0.4, 0.5) is 0 Å². The highest BCUT2D eigenvalue weighted by Crippen LogP contribution is 2.32. The van der Waals surface area contributed by atoms with Crippen LogP contribution < -0.4 is 0 Å². The lowest BCUT2D eigenvalue weighted by molar-refractivity contribution is -0.174. The van der Waals surface area contributed by atoms with E-state index in [0.717, 1.165) is 24.8 Å². The largest absolute Gasteiger partial charge is 0.361 e. The molecular formula is C23H28N2O3S. The topological polar surface area (TPSA) is 49.9 Å². The van der Waals surface area contributed by atoms with Crippen LogP contribution in [-0.2, 0) is 20.7 Å². The van der Waals surface area contributed by atoms with Crippen LogP contribution in [0.25, 0.3) is 10.4 Å². The van der Waals surface area contributed by atoms with Crippen LogP contribution in [0.1, 0.15) is 24.8 Å². The lowest BCUT2D eigenvalue weighted by Gasteiger charge is -2.44. The van der Waals surface area contributed by atoms with E-state index in [-0.39, 0.29) is 17.7 Å². The number of hydrogen-bond donors (Lipinski definition) is 0. The summed E-state index contributed by atoms with van der Waals surface area (Å²) >= 11 is 1.71. The molecule has 2 aromatic rings. The van der Waals surface area contributed by atoms with E-state index in [1.165, 1.54) is 10.4 Å². The normalized spacial score (nSPS) is 22.2. The summed E-state index contributed by atoms with van der Waals surface area (Å²) in [6, 6.07) is 12.5. The summed E-state index contributed by atoms with van der Waals surface area (Å²) in [5.74, 6) is 0.236. The van der Waals surface area contributed by atoms with Crippen molar-refractivity contribution in [3.8, 4) is 10.4 Å². The third-order valence-corrected chi connectivity index (χ3v) is 6.92. The Morgan fingerprint density at radius 2 is 1.97 bits per heavy atom. The van der Waals surface area contributed by atoms with E-state index in [0.29, 0.717) is 26.1 Å². The van der Waals surface area contributed by atoms with Crippen molar-refractivity contribution in [2.24, 2.45) is 5.92 Å². The summed E-state index contributed by atoms with van der Waals surface area (Å²) in [6.45, 7) is 1.28. The van der Waals surface area contributed by atoms with Gasteiger partial charge in [0, 0.05) is 37.9 Å². The number of thiophene rings is 1. The predicted octanol–water partition coefficient (Wildman–Crippen LogP) is 3.44. The second kappa shape index (κ2) is 8.28. The van der Waals surface area contributed by atoms with Crippen LogP contribution >= 0.6 is 11.3 Å². The molecule has 0 N–H and O–H groups in total. The Balaban J connectivity index is 1.56. The van der Waals surface area contributed by atoms with Gasteiger partial charge in [0.25, 0.3) is 5.91 Å². The second-order valence-electron chi connectivity index (χ2n) is 8.28. The minimum atomic E-state index is -1.02. The van der Waals surface area contributed by atoms with Crippen LogP contribution in [0.2, 0.25) is 0 Å². The Hall–Kier alpha value is -2.18. The zero-order valence-corrected chi connectivity index (χ0v) is 17.9. The molecule has 1 aromatic heterocycles. The number of nitrogens with zero attached hydrogens (tertiary/aromatic N) is 2. The summed E-state index contributed by atoms with van der Waals surface area (Å²) in [4.78, 5) is 30.7. The van der Waals surface area contributed by atoms with Gasteiger partial charge < -0.3 is 14.5 Å². The molecule has 1 aromatic carbocycles. The first-order valence-corrected chi connectivity index (χ1v) is 11.1. The van der Waals surface area contributed by atoms with E-state index in [1.54, 1.807) is 30.3 Å². The van der Waals surface area contributed by atoms with E-state index < -0.39 is 5.60 Å². The van der Waals surface area contributed by atoms with Crippen molar-refractivity contribution in [1.82, 2.24) is 9.80 Å². The molecule has 1 aliphatic carbocycles. The number of carbonyl (C=O) groups is 2. The molecule has 5 nitrogen and oxygen atoms in total. The maximum Gasteiger partial charge on any atom is 0.256 e. The van der Waals surface area contributed by atoms with Crippen LogP contribution in [0.15, 0.2) is 41.8 Å². The molecule has 1 saturated heterocycles. The highest BCUT2D eigenvalue weighted by molar-refractivity contribution is 7.13. The lowest BCUT2D eigenvalue weighted by Crippen LogP contribution is -2.62. The molecule has 0 bridgehead atoms. The SMILES string of the molecule is CN(C)C(=O)[C@]1(Cc2ccc(-c3cccs3)cc2)CN(C(=O)C2CCC2)CCO1. The summed E-state index contributed by atoms with van der Waals surface area (Å²) in [5, 5.41) is 2.07. The molecule has 2 aliphatic rings. The van der Waals surface area contributed by atoms with Gasteiger partial charge in [0.05, 0.1) is 13.2 Å². The Labute approximate surface area is 176 Å². The molecule has 1 atom stereocenters. The molecule has 1 saturated carbocycles. The molecule has 1 aliphatic heterocycles. The molecule has 6 heteroatoms. The highest BCUT2D eigenvalue weighted by Gasteiger charge is 2.47. The van der Waals surface area contributed by atoms with Crippen molar-refractivity contribution in [1.29, 1.82) is 0 Å². The van der Waals surface area contributed by atoms with Gasteiger partial charge in [-0.2, -0.15) is 0 Å². The van der Waals surface area contributed by atoms with E-state index in [1.807, 2.05) is 11.0 Å². The smallest absolute Gasteiger partial charge is 0.256 e. The van der Waals surface area contributed by atoms with Gasteiger partial charge in [-0.1, -0.05) is 36.8 Å². The Bertz CT molecular complexity index is 859. The fourth-order valence-corrected chi connectivity index (χ4v) is 4.90. The van der Waals surface area contributed by atoms with Crippen LogP contribution in [0, 0.1) is 5.92 Å². The van der Waals surface area contributed by atoms with Crippen molar-refractivity contribution in [3.05, 3.63) is 47.3 Å².